The molecule has 0 aromatic rings. The Morgan fingerprint density at radius 2 is 2.08 bits per heavy atom. The molecule has 4 nitrogen and oxygen atoms in total. The summed E-state index contributed by atoms with van der Waals surface area (Å²) in [7, 11) is 1.63. The van der Waals surface area contributed by atoms with E-state index in [2.05, 4.69) is 0 Å². The van der Waals surface area contributed by atoms with Gasteiger partial charge in [0.1, 0.15) is 0 Å². The Kier molecular flexibility index (Phi) is 8.81. The maximum Gasteiger partial charge on any atom is 0.0931 e. The second-order valence-corrected chi connectivity index (χ2v) is 2.38. The van der Waals surface area contributed by atoms with Crippen LogP contribution in [0.15, 0.2) is 0 Å². The lowest BCUT2D eigenvalue weighted by molar-refractivity contribution is -0.0223. The second-order valence-electron chi connectivity index (χ2n) is 2.38. The Balaban J connectivity index is 3.19. The third-order valence-corrected chi connectivity index (χ3v) is 1.40. The fraction of sp³-hybridized carbons (Fsp3) is 1.00. The van der Waals surface area contributed by atoms with Crippen LogP contribution in [0.2, 0.25) is 0 Å². The highest BCUT2D eigenvalue weighted by molar-refractivity contribution is 4.55. The fourth-order valence-corrected chi connectivity index (χ4v) is 0.788. The fourth-order valence-electron chi connectivity index (χ4n) is 0.788. The number of hydrogen-bond donors (Lipinski definition) is 1. The summed E-state index contributed by atoms with van der Waals surface area (Å²) in [5.41, 5.74) is 5.43. The van der Waals surface area contributed by atoms with E-state index in [1.54, 1.807) is 7.11 Å². The third kappa shape index (κ3) is 6.54. The average Bonchev–Trinajstić information content (AvgIpc) is 2.10. The third-order valence-electron chi connectivity index (χ3n) is 1.40. The quantitative estimate of drug-likeness (QED) is 0.531. The van der Waals surface area contributed by atoms with Crippen molar-refractivity contribution < 1.29 is 14.2 Å². The molecule has 12 heavy (non-hydrogen) atoms. The minimum Gasteiger partial charge on any atom is -0.382 e. The van der Waals surface area contributed by atoms with Crippen LogP contribution in [0.25, 0.3) is 0 Å². The summed E-state index contributed by atoms with van der Waals surface area (Å²) < 4.78 is 15.4. The van der Waals surface area contributed by atoms with Gasteiger partial charge in [-0.1, -0.05) is 0 Å². The Morgan fingerprint density at radius 3 is 2.58 bits per heavy atom. The molecule has 0 aliphatic heterocycles. The number of ether oxygens (including phenoxy) is 3. The predicted molar refractivity (Wildman–Crippen MR) is 47.2 cm³/mol. The highest BCUT2D eigenvalue weighted by Gasteiger charge is 2.04. The average molecular weight is 177 g/mol. The van der Waals surface area contributed by atoms with E-state index in [1.165, 1.54) is 0 Å². The zero-order chi connectivity index (χ0) is 9.23. The van der Waals surface area contributed by atoms with E-state index < -0.39 is 0 Å². The molecule has 0 aliphatic rings. The van der Waals surface area contributed by atoms with Gasteiger partial charge in [-0.2, -0.15) is 0 Å². The molecule has 0 aromatic heterocycles. The molecule has 0 rings (SSSR count). The molecule has 1 unspecified atom stereocenters. The molecule has 0 heterocycles. The van der Waals surface area contributed by atoms with E-state index in [-0.39, 0.29) is 6.10 Å². The van der Waals surface area contributed by atoms with Crippen molar-refractivity contribution in [2.45, 2.75) is 13.0 Å². The normalized spacial score (nSPS) is 13.2. The maximum atomic E-state index is 5.43. The molecule has 0 radical (unpaired) electrons. The van der Waals surface area contributed by atoms with Crippen LogP contribution in [0.1, 0.15) is 6.92 Å². The molecule has 2 N–H and O–H groups in total. The minimum atomic E-state index is -0.00421. The first kappa shape index (κ1) is 11.8. The SMILES string of the molecule is CCOCCOC(CN)COC. The van der Waals surface area contributed by atoms with Gasteiger partial charge in [-0.05, 0) is 6.92 Å². The largest absolute Gasteiger partial charge is 0.382 e. The van der Waals surface area contributed by atoms with Crippen LogP contribution in [-0.2, 0) is 14.2 Å². The van der Waals surface area contributed by atoms with E-state index in [1.807, 2.05) is 6.92 Å². The molecule has 0 aliphatic carbocycles. The highest BCUT2D eigenvalue weighted by Crippen LogP contribution is 1.90. The molecular weight excluding hydrogens is 158 g/mol. The summed E-state index contributed by atoms with van der Waals surface area (Å²) in [6.07, 6.45) is -0.00421. The first-order chi connectivity index (χ1) is 5.85. The van der Waals surface area contributed by atoms with Crippen LogP contribution in [0.3, 0.4) is 0 Å². The van der Waals surface area contributed by atoms with E-state index in [0.29, 0.717) is 26.4 Å². The molecule has 4 heteroatoms. The summed E-state index contributed by atoms with van der Waals surface area (Å²) >= 11 is 0. The van der Waals surface area contributed by atoms with Gasteiger partial charge in [0.2, 0.25) is 0 Å². The van der Waals surface area contributed by atoms with Crippen LogP contribution >= 0.6 is 0 Å². The smallest absolute Gasteiger partial charge is 0.0931 e. The van der Waals surface area contributed by atoms with Crippen LogP contribution in [-0.4, -0.2) is 46.2 Å². The molecule has 1 atom stereocenters. The Labute approximate surface area is 74.0 Å². The van der Waals surface area contributed by atoms with Gasteiger partial charge in [0, 0.05) is 20.3 Å². The molecule has 0 saturated carbocycles. The van der Waals surface area contributed by atoms with Crippen molar-refractivity contribution in [3.63, 3.8) is 0 Å². The Hall–Kier alpha value is -0.160. The lowest BCUT2D eigenvalue weighted by atomic mass is 10.4. The Bertz CT molecular complexity index is 90.4. The lowest BCUT2D eigenvalue weighted by Gasteiger charge is -2.14. The van der Waals surface area contributed by atoms with Crippen molar-refractivity contribution in [1.82, 2.24) is 0 Å². The summed E-state index contributed by atoms with van der Waals surface area (Å²) in [6.45, 7) is 4.91. The molecule has 0 fully saturated rings. The number of hydrogen-bond acceptors (Lipinski definition) is 4. The first-order valence-corrected chi connectivity index (χ1v) is 4.23. The maximum absolute atomic E-state index is 5.43. The van der Waals surface area contributed by atoms with Crippen LogP contribution < -0.4 is 5.73 Å². The molecule has 0 aromatic carbocycles. The molecule has 0 spiro atoms. The van der Waals surface area contributed by atoms with E-state index in [4.69, 9.17) is 19.9 Å². The van der Waals surface area contributed by atoms with Gasteiger partial charge in [-0.25, -0.2) is 0 Å². The summed E-state index contributed by atoms with van der Waals surface area (Å²) in [6, 6.07) is 0. The number of nitrogens with two attached hydrogens (primary N) is 1. The van der Waals surface area contributed by atoms with Gasteiger partial charge < -0.3 is 19.9 Å². The molecule has 0 saturated heterocycles. The highest BCUT2D eigenvalue weighted by atomic mass is 16.5. The van der Waals surface area contributed by atoms with E-state index in [0.717, 1.165) is 6.61 Å². The van der Waals surface area contributed by atoms with E-state index in [9.17, 15) is 0 Å². The molecule has 0 bridgehead atoms. The summed E-state index contributed by atoms with van der Waals surface area (Å²) in [5.74, 6) is 0. The van der Waals surface area contributed by atoms with Crippen molar-refractivity contribution in [3.05, 3.63) is 0 Å². The number of rotatable bonds is 8. The number of methoxy groups -OCH3 is 1. The molecule has 0 amide bonds. The van der Waals surface area contributed by atoms with Crippen molar-refractivity contribution in [1.29, 1.82) is 0 Å². The van der Waals surface area contributed by atoms with Crippen LogP contribution in [0, 0.1) is 0 Å². The van der Waals surface area contributed by atoms with Crippen molar-refractivity contribution in [2.24, 2.45) is 5.73 Å². The van der Waals surface area contributed by atoms with Gasteiger partial charge >= 0.3 is 0 Å². The molecular formula is C8H19NO3. The van der Waals surface area contributed by atoms with Crippen molar-refractivity contribution in [3.8, 4) is 0 Å². The topological polar surface area (TPSA) is 53.7 Å². The monoisotopic (exact) mass is 177 g/mol. The Morgan fingerprint density at radius 1 is 1.33 bits per heavy atom. The van der Waals surface area contributed by atoms with Gasteiger partial charge in [0.25, 0.3) is 0 Å². The minimum absolute atomic E-state index is 0.00421. The van der Waals surface area contributed by atoms with Crippen molar-refractivity contribution >= 4 is 0 Å². The zero-order valence-corrected chi connectivity index (χ0v) is 7.91. The van der Waals surface area contributed by atoms with Gasteiger partial charge in [0.05, 0.1) is 25.9 Å². The van der Waals surface area contributed by atoms with E-state index >= 15 is 0 Å². The summed E-state index contributed by atoms with van der Waals surface area (Å²) in [4.78, 5) is 0. The van der Waals surface area contributed by atoms with Gasteiger partial charge in [0.15, 0.2) is 0 Å². The first-order valence-electron chi connectivity index (χ1n) is 4.23. The van der Waals surface area contributed by atoms with Crippen LogP contribution in [0.5, 0.6) is 0 Å². The zero-order valence-electron chi connectivity index (χ0n) is 7.91. The predicted octanol–water partition coefficient (Wildman–Crippen LogP) is 0.0132. The van der Waals surface area contributed by atoms with Crippen LogP contribution in [0.4, 0.5) is 0 Å². The second kappa shape index (κ2) is 8.93. The van der Waals surface area contributed by atoms with Gasteiger partial charge in [-0.3, -0.25) is 0 Å². The van der Waals surface area contributed by atoms with Gasteiger partial charge in [-0.15, -0.1) is 0 Å². The molecule has 74 valence electrons. The standard InChI is InChI=1S/C8H19NO3/c1-3-11-4-5-12-8(6-9)7-10-2/h8H,3-7,9H2,1-2H3. The lowest BCUT2D eigenvalue weighted by Crippen LogP contribution is -2.29. The van der Waals surface area contributed by atoms with Crippen molar-refractivity contribution in [2.75, 3.05) is 40.1 Å². The summed E-state index contributed by atoms with van der Waals surface area (Å²) in [5, 5.41) is 0.